The van der Waals surface area contributed by atoms with E-state index in [1.807, 2.05) is 0 Å². The Hall–Kier alpha value is -1.28. The summed E-state index contributed by atoms with van der Waals surface area (Å²) in [5.74, 6) is -0.635. The number of hydrogen-bond acceptors (Lipinski definition) is 6. The van der Waals surface area contributed by atoms with Crippen molar-refractivity contribution in [3.8, 4) is 0 Å². The molecular weight excluding hydrogens is 264 g/mol. The molecule has 1 N–H and O–H groups in total. The lowest BCUT2D eigenvalue weighted by Gasteiger charge is -2.06. The van der Waals surface area contributed by atoms with Gasteiger partial charge in [-0.1, -0.05) is 12.2 Å². The van der Waals surface area contributed by atoms with Gasteiger partial charge in [0.25, 0.3) is 0 Å². The molecule has 0 aliphatic heterocycles. The second-order valence-corrected chi connectivity index (χ2v) is 6.08. The molecule has 0 radical (unpaired) electrons. The van der Waals surface area contributed by atoms with Gasteiger partial charge in [-0.2, -0.15) is 0 Å². The topological polar surface area (TPSA) is 89.1 Å². The van der Waals surface area contributed by atoms with Crippen molar-refractivity contribution in [2.24, 2.45) is 0 Å². The standard InChI is InChI=1S/C9H12N2O4S2/c1-5-7(9(12)15-2)8(16)11-6(10-5)4-17(3,13)14/h4H2,1-3H3,(H,10,11,16). The predicted octanol–water partition coefficient (Wildman–Crippen LogP) is 0.779. The van der Waals surface area contributed by atoms with E-state index in [-0.39, 0.29) is 21.8 Å². The monoisotopic (exact) mass is 276 g/mol. The predicted molar refractivity (Wildman–Crippen MR) is 64.0 cm³/mol. The summed E-state index contributed by atoms with van der Waals surface area (Å²) < 4.78 is 26.8. The first kappa shape index (κ1) is 13.8. The number of methoxy groups -OCH3 is 1. The fourth-order valence-corrected chi connectivity index (χ4v) is 2.28. The van der Waals surface area contributed by atoms with Gasteiger partial charge in [0.05, 0.1) is 7.11 Å². The maximum atomic E-state index is 11.4. The third kappa shape index (κ3) is 3.60. The number of sulfone groups is 1. The number of rotatable bonds is 3. The normalized spacial score (nSPS) is 11.2. The fraction of sp³-hybridized carbons (Fsp3) is 0.444. The van der Waals surface area contributed by atoms with Crippen LogP contribution in [0.25, 0.3) is 0 Å². The van der Waals surface area contributed by atoms with Gasteiger partial charge < -0.3 is 9.72 Å². The minimum absolute atomic E-state index is 0.0340. The Labute approximate surface area is 104 Å². The van der Waals surface area contributed by atoms with Gasteiger partial charge in [0.15, 0.2) is 9.84 Å². The van der Waals surface area contributed by atoms with Crippen LogP contribution in [0.3, 0.4) is 0 Å². The second kappa shape index (κ2) is 4.92. The molecule has 0 saturated heterocycles. The molecule has 8 heteroatoms. The van der Waals surface area contributed by atoms with Gasteiger partial charge in [0.1, 0.15) is 21.8 Å². The maximum absolute atomic E-state index is 11.4. The highest BCUT2D eigenvalue weighted by Gasteiger charge is 2.15. The van der Waals surface area contributed by atoms with Crippen molar-refractivity contribution in [3.05, 3.63) is 21.7 Å². The Kier molecular flexibility index (Phi) is 3.99. The smallest absolute Gasteiger partial charge is 0.342 e. The lowest BCUT2D eigenvalue weighted by atomic mass is 10.2. The summed E-state index contributed by atoms with van der Waals surface area (Å²) in [4.78, 5) is 18.0. The highest BCUT2D eigenvalue weighted by molar-refractivity contribution is 7.89. The van der Waals surface area contributed by atoms with Crippen molar-refractivity contribution in [1.29, 1.82) is 0 Å². The Morgan fingerprint density at radius 2 is 2.12 bits per heavy atom. The molecule has 0 aromatic carbocycles. The number of carbonyl (C=O) groups is 1. The SMILES string of the molecule is COC(=O)c1c(C)[nH]c(CS(C)(=O)=O)nc1=S. The zero-order chi connectivity index (χ0) is 13.2. The minimum atomic E-state index is -3.21. The Balaban J connectivity index is 3.28. The van der Waals surface area contributed by atoms with Crippen LogP contribution in [0.5, 0.6) is 0 Å². The summed E-state index contributed by atoms with van der Waals surface area (Å²) in [6, 6.07) is 0. The van der Waals surface area contributed by atoms with Gasteiger partial charge in [0, 0.05) is 11.9 Å². The van der Waals surface area contributed by atoms with Crippen LogP contribution in [-0.4, -0.2) is 37.7 Å². The van der Waals surface area contributed by atoms with E-state index in [2.05, 4.69) is 14.7 Å². The molecule has 0 bridgehead atoms. The zero-order valence-electron chi connectivity index (χ0n) is 9.60. The summed E-state index contributed by atoms with van der Waals surface area (Å²) in [6.07, 6.45) is 1.09. The molecule has 6 nitrogen and oxygen atoms in total. The molecule has 0 saturated carbocycles. The van der Waals surface area contributed by atoms with Crippen LogP contribution in [0.15, 0.2) is 0 Å². The molecule has 0 atom stereocenters. The number of H-pyrrole nitrogens is 1. The van der Waals surface area contributed by atoms with Crippen molar-refractivity contribution in [1.82, 2.24) is 9.97 Å². The zero-order valence-corrected chi connectivity index (χ0v) is 11.2. The maximum Gasteiger partial charge on any atom is 0.342 e. The van der Waals surface area contributed by atoms with Crippen molar-refractivity contribution >= 4 is 28.0 Å². The Morgan fingerprint density at radius 1 is 1.53 bits per heavy atom. The van der Waals surface area contributed by atoms with Gasteiger partial charge in [0.2, 0.25) is 0 Å². The van der Waals surface area contributed by atoms with Crippen molar-refractivity contribution in [2.75, 3.05) is 13.4 Å². The quantitative estimate of drug-likeness (QED) is 0.648. The molecule has 1 aromatic rings. The number of aryl methyl sites for hydroxylation is 1. The second-order valence-electron chi connectivity index (χ2n) is 3.55. The fourth-order valence-electron chi connectivity index (χ4n) is 1.30. The van der Waals surface area contributed by atoms with Crippen LogP contribution in [-0.2, 0) is 20.3 Å². The van der Waals surface area contributed by atoms with Crippen molar-refractivity contribution in [2.45, 2.75) is 12.7 Å². The van der Waals surface area contributed by atoms with E-state index in [1.165, 1.54) is 7.11 Å². The van der Waals surface area contributed by atoms with E-state index in [0.29, 0.717) is 5.69 Å². The highest BCUT2D eigenvalue weighted by atomic mass is 32.2. The van der Waals surface area contributed by atoms with Crippen molar-refractivity contribution in [3.63, 3.8) is 0 Å². The number of hydrogen-bond donors (Lipinski definition) is 1. The third-order valence-corrected chi connectivity index (χ3v) is 3.04. The van der Waals surface area contributed by atoms with Crippen LogP contribution in [0, 0.1) is 11.6 Å². The first-order valence-electron chi connectivity index (χ1n) is 4.60. The first-order valence-corrected chi connectivity index (χ1v) is 7.07. The van der Waals surface area contributed by atoms with E-state index in [4.69, 9.17) is 12.2 Å². The number of nitrogens with one attached hydrogen (secondary N) is 1. The molecule has 0 aliphatic carbocycles. The van der Waals surface area contributed by atoms with E-state index in [9.17, 15) is 13.2 Å². The number of aromatic amines is 1. The third-order valence-electron chi connectivity index (χ3n) is 1.95. The molecule has 1 aromatic heterocycles. The molecule has 1 rings (SSSR count). The van der Waals surface area contributed by atoms with Gasteiger partial charge in [-0.05, 0) is 6.92 Å². The van der Waals surface area contributed by atoms with Gasteiger partial charge >= 0.3 is 5.97 Å². The molecule has 0 unspecified atom stereocenters. The molecule has 94 valence electrons. The van der Waals surface area contributed by atoms with Gasteiger partial charge in [-0.25, -0.2) is 18.2 Å². The van der Waals surface area contributed by atoms with Crippen LogP contribution in [0.2, 0.25) is 0 Å². The number of nitrogens with zero attached hydrogens (tertiary/aromatic N) is 1. The summed E-state index contributed by atoms with van der Waals surface area (Å²) in [5, 5.41) is 0. The molecule has 0 spiro atoms. The van der Waals surface area contributed by atoms with E-state index >= 15 is 0 Å². The number of carbonyl (C=O) groups excluding carboxylic acids is 1. The summed E-state index contributed by atoms with van der Waals surface area (Å²) in [7, 11) is -1.97. The number of esters is 1. The van der Waals surface area contributed by atoms with Gasteiger partial charge in [-0.15, -0.1) is 0 Å². The van der Waals surface area contributed by atoms with Crippen LogP contribution in [0.4, 0.5) is 0 Å². The molecule has 0 fully saturated rings. The number of aromatic nitrogens is 2. The van der Waals surface area contributed by atoms with E-state index in [0.717, 1.165) is 6.26 Å². The molecule has 0 aliphatic rings. The van der Waals surface area contributed by atoms with Crippen LogP contribution < -0.4 is 0 Å². The average molecular weight is 276 g/mol. The molecule has 1 heterocycles. The lowest BCUT2D eigenvalue weighted by molar-refractivity contribution is 0.0598. The molecule has 0 amide bonds. The van der Waals surface area contributed by atoms with E-state index < -0.39 is 15.8 Å². The Morgan fingerprint density at radius 3 is 2.53 bits per heavy atom. The Bertz CT molecular complexity index is 604. The average Bonchev–Trinajstić information content (AvgIpc) is 2.13. The highest BCUT2D eigenvalue weighted by Crippen LogP contribution is 2.10. The summed E-state index contributed by atoms with van der Waals surface area (Å²) in [5.41, 5.74) is 0.593. The first-order chi connectivity index (χ1) is 7.74. The van der Waals surface area contributed by atoms with Crippen LogP contribution >= 0.6 is 12.2 Å². The lowest BCUT2D eigenvalue weighted by Crippen LogP contribution is -2.12. The summed E-state index contributed by atoms with van der Waals surface area (Å²) >= 11 is 4.93. The minimum Gasteiger partial charge on any atom is -0.465 e. The number of ether oxygens (including phenoxy) is 1. The van der Waals surface area contributed by atoms with E-state index in [1.54, 1.807) is 6.92 Å². The van der Waals surface area contributed by atoms with Gasteiger partial charge in [-0.3, -0.25) is 0 Å². The largest absolute Gasteiger partial charge is 0.465 e. The summed E-state index contributed by atoms with van der Waals surface area (Å²) in [6.45, 7) is 1.61. The van der Waals surface area contributed by atoms with Crippen molar-refractivity contribution < 1.29 is 17.9 Å². The van der Waals surface area contributed by atoms with Crippen LogP contribution in [0.1, 0.15) is 21.9 Å². The molecule has 17 heavy (non-hydrogen) atoms. The molecular formula is C9H12N2O4S2.